The van der Waals surface area contributed by atoms with E-state index in [0.29, 0.717) is 0 Å². The molecule has 0 bridgehead atoms. The Balaban J connectivity index is 0. The molecule has 0 rings (SSSR count). The number of thioether (sulfide) groups is 2. The first-order valence-electron chi connectivity index (χ1n) is 4.77. The van der Waals surface area contributed by atoms with Crippen LogP contribution < -0.4 is 0 Å². The third-order valence-corrected chi connectivity index (χ3v) is 4.43. The predicted molar refractivity (Wildman–Crippen MR) is 80.8 cm³/mol. The molecule has 0 aromatic rings. The van der Waals surface area contributed by atoms with Crippen molar-refractivity contribution < 1.29 is 0 Å². The third-order valence-electron chi connectivity index (χ3n) is 1.68. The van der Waals surface area contributed by atoms with Gasteiger partial charge in [-0.15, -0.1) is 35.6 Å². The van der Waals surface area contributed by atoms with Gasteiger partial charge in [0.25, 0.3) is 0 Å². The van der Waals surface area contributed by atoms with Crippen LogP contribution in [0.25, 0.3) is 0 Å². The quantitative estimate of drug-likeness (QED) is 0.450. The van der Waals surface area contributed by atoms with Crippen LogP contribution in [-0.4, -0.2) is 59.8 Å². The van der Waals surface area contributed by atoms with E-state index in [1.165, 1.54) is 11.5 Å². The Morgan fingerprint density at radius 1 is 0.867 bits per heavy atom. The lowest BCUT2D eigenvalue weighted by Crippen LogP contribution is -2.24. The molecule has 0 aliphatic heterocycles. The number of rotatable bonds is 10. The Hall–Kier alpha value is 1.53. The molecule has 0 amide bonds. The molecular weight excluding hydrogens is 293 g/mol. The second-order valence-corrected chi connectivity index (χ2v) is 6.11. The van der Waals surface area contributed by atoms with Crippen LogP contribution in [0, 0.1) is 0 Å². The highest BCUT2D eigenvalue weighted by Crippen LogP contribution is 2.03. The molecule has 0 aromatic carbocycles. The van der Waals surface area contributed by atoms with Crippen molar-refractivity contribution in [3.8, 4) is 0 Å². The molecule has 0 atom stereocenters. The monoisotopic (exact) mass is 311 g/mol. The molecule has 0 N–H and O–H groups in total. The Bertz CT molecular complexity index is 108. The number of halogens is 3. The highest BCUT2D eigenvalue weighted by atomic mass is 35.5. The summed E-state index contributed by atoms with van der Waals surface area (Å²) in [7, 11) is 2.17. The van der Waals surface area contributed by atoms with Gasteiger partial charge < -0.3 is 4.90 Å². The van der Waals surface area contributed by atoms with Crippen molar-refractivity contribution in [3.63, 3.8) is 0 Å². The van der Waals surface area contributed by atoms with Crippen LogP contribution in [0.3, 0.4) is 0 Å². The predicted octanol–water partition coefficient (Wildman–Crippen LogP) is 3.28. The standard InChI is InChI=1S/C9H19Cl2NS2.ClH/c1-12(4-8-13-6-2-10)5-9-14-7-3-11;/h2-9H2,1H3;1H. The van der Waals surface area contributed by atoms with Crippen LogP contribution >= 0.6 is 59.1 Å². The van der Waals surface area contributed by atoms with Crippen LogP contribution in [-0.2, 0) is 0 Å². The topological polar surface area (TPSA) is 3.24 Å². The minimum Gasteiger partial charge on any atom is -0.305 e. The molecule has 0 heterocycles. The molecule has 0 radical (unpaired) electrons. The second-order valence-electron chi connectivity index (χ2n) is 2.91. The van der Waals surface area contributed by atoms with E-state index in [1.54, 1.807) is 0 Å². The van der Waals surface area contributed by atoms with Crippen LogP contribution in [0.15, 0.2) is 0 Å². The summed E-state index contributed by atoms with van der Waals surface area (Å²) in [6.45, 7) is 2.31. The summed E-state index contributed by atoms with van der Waals surface area (Å²) in [6.07, 6.45) is 0. The molecule has 6 heteroatoms. The maximum absolute atomic E-state index is 5.58. The summed E-state index contributed by atoms with van der Waals surface area (Å²) in [5.74, 6) is 6.03. The maximum Gasteiger partial charge on any atom is 0.0314 e. The lowest BCUT2D eigenvalue weighted by molar-refractivity contribution is 0.380. The molecule has 1 nitrogen and oxygen atoms in total. The van der Waals surface area contributed by atoms with Gasteiger partial charge in [-0.25, -0.2) is 0 Å². The second kappa shape index (κ2) is 15.5. The first kappa shape index (κ1) is 18.9. The molecule has 94 valence electrons. The fraction of sp³-hybridized carbons (Fsp3) is 1.00. The smallest absolute Gasteiger partial charge is 0.0314 e. The van der Waals surface area contributed by atoms with Gasteiger partial charge >= 0.3 is 0 Å². The average molecular weight is 313 g/mol. The van der Waals surface area contributed by atoms with E-state index >= 15 is 0 Å². The van der Waals surface area contributed by atoms with E-state index in [9.17, 15) is 0 Å². The molecule has 0 aromatic heterocycles. The van der Waals surface area contributed by atoms with Crippen molar-refractivity contribution in [2.75, 3.05) is 54.9 Å². The van der Waals surface area contributed by atoms with Crippen molar-refractivity contribution in [3.05, 3.63) is 0 Å². The van der Waals surface area contributed by atoms with Gasteiger partial charge in [0.1, 0.15) is 0 Å². The highest BCUT2D eigenvalue weighted by molar-refractivity contribution is 7.99. The van der Waals surface area contributed by atoms with Crippen LogP contribution in [0.2, 0.25) is 0 Å². The van der Waals surface area contributed by atoms with Gasteiger partial charge in [0.15, 0.2) is 0 Å². The zero-order chi connectivity index (χ0) is 10.6. The van der Waals surface area contributed by atoms with Crippen molar-refractivity contribution in [2.45, 2.75) is 0 Å². The molecule has 15 heavy (non-hydrogen) atoms. The van der Waals surface area contributed by atoms with E-state index in [2.05, 4.69) is 11.9 Å². The van der Waals surface area contributed by atoms with E-state index in [4.69, 9.17) is 23.2 Å². The number of hydrogen-bond acceptors (Lipinski definition) is 3. The molecule has 0 aliphatic carbocycles. The molecule has 0 unspecified atom stereocenters. The van der Waals surface area contributed by atoms with Crippen LogP contribution in [0.4, 0.5) is 0 Å². The summed E-state index contributed by atoms with van der Waals surface area (Å²) in [5.41, 5.74) is 0. The van der Waals surface area contributed by atoms with Gasteiger partial charge in [-0.3, -0.25) is 0 Å². The summed E-state index contributed by atoms with van der Waals surface area (Å²) in [6, 6.07) is 0. The van der Waals surface area contributed by atoms with Crippen molar-refractivity contribution >= 4 is 59.1 Å². The summed E-state index contributed by atoms with van der Waals surface area (Å²) in [4.78, 5) is 2.36. The van der Waals surface area contributed by atoms with Crippen LogP contribution in [0.5, 0.6) is 0 Å². The van der Waals surface area contributed by atoms with Gasteiger partial charge in [0, 0.05) is 47.9 Å². The summed E-state index contributed by atoms with van der Waals surface area (Å²) in [5, 5.41) is 0. The average Bonchev–Trinajstić information content (AvgIpc) is 2.19. The van der Waals surface area contributed by atoms with Gasteiger partial charge in [-0.2, -0.15) is 23.5 Å². The first-order chi connectivity index (χ1) is 6.81. The van der Waals surface area contributed by atoms with Gasteiger partial charge in [-0.1, -0.05) is 0 Å². The summed E-state index contributed by atoms with van der Waals surface area (Å²) >= 11 is 15.0. The van der Waals surface area contributed by atoms with Crippen molar-refractivity contribution in [2.24, 2.45) is 0 Å². The Morgan fingerprint density at radius 3 is 1.60 bits per heavy atom. The maximum atomic E-state index is 5.58. The van der Waals surface area contributed by atoms with Gasteiger partial charge in [-0.05, 0) is 7.05 Å². The molecule has 0 saturated heterocycles. The first-order valence-corrected chi connectivity index (χ1v) is 8.15. The zero-order valence-electron chi connectivity index (χ0n) is 9.08. The minimum atomic E-state index is 0. The van der Waals surface area contributed by atoms with Gasteiger partial charge in [0.2, 0.25) is 0 Å². The van der Waals surface area contributed by atoms with E-state index in [1.807, 2.05) is 23.5 Å². The van der Waals surface area contributed by atoms with Crippen molar-refractivity contribution in [1.29, 1.82) is 0 Å². The SMILES string of the molecule is CN(CCSCCCl)CCSCCCl.Cl. The fourth-order valence-electron chi connectivity index (χ4n) is 0.866. The molecule has 0 aliphatic rings. The van der Waals surface area contributed by atoms with E-state index < -0.39 is 0 Å². The van der Waals surface area contributed by atoms with Gasteiger partial charge in [0.05, 0.1) is 0 Å². The van der Waals surface area contributed by atoms with Crippen LogP contribution in [0.1, 0.15) is 0 Å². The fourth-order valence-corrected chi connectivity index (χ4v) is 3.03. The molecule has 0 saturated carbocycles. The lowest BCUT2D eigenvalue weighted by Gasteiger charge is -2.15. The lowest BCUT2D eigenvalue weighted by atomic mass is 10.6. The third kappa shape index (κ3) is 15.5. The number of hydrogen-bond donors (Lipinski definition) is 0. The van der Waals surface area contributed by atoms with E-state index in [0.717, 1.165) is 36.4 Å². The Labute approximate surface area is 118 Å². The minimum absolute atomic E-state index is 0. The Kier molecular flexibility index (Phi) is 19.6. The summed E-state index contributed by atoms with van der Waals surface area (Å²) < 4.78 is 0. The normalized spacial score (nSPS) is 10.4. The molecule has 0 spiro atoms. The zero-order valence-corrected chi connectivity index (χ0v) is 13.0. The number of alkyl halides is 2. The highest BCUT2D eigenvalue weighted by Gasteiger charge is 1.97. The van der Waals surface area contributed by atoms with Crippen molar-refractivity contribution in [1.82, 2.24) is 4.90 Å². The largest absolute Gasteiger partial charge is 0.305 e. The van der Waals surface area contributed by atoms with E-state index in [-0.39, 0.29) is 12.4 Å². The number of nitrogens with zero attached hydrogens (tertiary/aromatic N) is 1. The molecule has 0 fully saturated rings. The molecular formula is C9H20Cl3NS2. The Morgan fingerprint density at radius 2 is 1.27 bits per heavy atom.